The fourth-order valence-corrected chi connectivity index (χ4v) is 2.38. The summed E-state index contributed by atoms with van der Waals surface area (Å²) in [6, 6.07) is 7.53. The second-order valence-corrected chi connectivity index (χ2v) is 5.29. The normalized spacial score (nSPS) is 14.6. The zero-order valence-electron chi connectivity index (χ0n) is 12.7. The predicted octanol–water partition coefficient (Wildman–Crippen LogP) is 0.567. The van der Waals surface area contributed by atoms with Crippen LogP contribution in [0.1, 0.15) is 18.4 Å². The molecule has 6 nitrogen and oxygen atoms in total. The van der Waals surface area contributed by atoms with Crippen LogP contribution in [0.2, 0.25) is 0 Å². The molecule has 1 saturated heterocycles. The van der Waals surface area contributed by atoms with E-state index in [0.717, 1.165) is 5.56 Å². The molecule has 6 heteroatoms. The third-order valence-electron chi connectivity index (χ3n) is 3.70. The van der Waals surface area contributed by atoms with E-state index in [1.165, 1.54) is 0 Å². The first-order valence-corrected chi connectivity index (χ1v) is 7.62. The Balaban J connectivity index is 1.63. The van der Waals surface area contributed by atoms with E-state index in [9.17, 15) is 9.59 Å². The van der Waals surface area contributed by atoms with Gasteiger partial charge in [-0.25, -0.2) is 0 Å². The first-order chi connectivity index (χ1) is 10.7. The van der Waals surface area contributed by atoms with Crippen LogP contribution >= 0.6 is 0 Å². The van der Waals surface area contributed by atoms with Gasteiger partial charge < -0.3 is 20.7 Å². The van der Waals surface area contributed by atoms with Gasteiger partial charge in [-0.2, -0.15) is 0 Å². The van der Waals surface area contributed by atoms with Crippen molar-refractivity contribution in [3.05, 3.63) is 29.8 Å². The number of aryl methyl sites for hydroxylation is 1. The van der Waals surface area contributed by atoms with Gasteiger partial charge in [0.1, 0.15) is 0 Å². The smallest absolute Gasteiger partial charge is 0.224 e. The van der Waals surface area contributed by atoms with Gasteiger partial charge in [0.2, 0.25) is 11.8 Å². The highest BCUT2D eigenvalue weighted by Gasteiger charge is 2.16. The molecule has 1 aromatic carbocycles. The van der Waals surface area contributed by atoms with Gasteiger partial charge >= 0.3 is 0 Å². The highest BCUT2D eigenvalue weighted by atomic mass is 16.5. The number of para-hydroxylation sites is 1. The summed E-state index contributed by atoms with van der Waals surface area (Å²) in [5.74, 6) is 0.00827. The third-order valence-corrected chi connectivity index (χ3v) is 3.70. The Hall–Kier alpha value is -2.08. The summed E-state index contributed by atoms with van der Waals surface area (Å²) in [6.07, 6.45) is 1.31. The number of nitrogens with zero attached hydrogens (tertiary/aromatic N) is 1. The summed E-state index contributed by atoms with van der Waals surface area (Å²) < 4.78 is 5.20. The minimum absolute atomic E-state index is 0.0574. The van der Waals surface area contributed by atoms with Crippen LogP contribution in [0.25, 0.3) is 0 Å². The van der Waals surface area contributed by atoms with Gasteiger partial charge in [-0.15, -0.1) is 0 Å². The number of hydrogen-bond acceptors (Lipinski definition) is 4. The van der Waals surface area contributed by atoms with Crippen LogP contribution in [-0.4, -0.2) is 49.6 Å². The summed E-state index contributed by atoms with van der Waals surface area (Å²) in [4.78, 5) is 25.5. The van der Waals surface area contributed by atoms with Crippen molar-refractivity contribution in [2.45, 2.75) is 19.3 Å². The molecule has 1 aliphatic heterocycles. The number of nitrogens with two attached hydrogens (primary N) is 1. The summed E-state index contributed by atoms with van der Waals surface area (Å²) in [5, 5.41) is 2.78. The molecule has 1 aromatic rings. The van der Waals surface area contributed by atoms with Gasteiger partial charge in [0.15, 0.2) is 0 Å². The molecule has 1 aliphatic rings. The average Bonchev–Trinajstić information content (AvgIpc) is 2.55. The number of morpholine rings is 1. The number of rotatable bonds is 6. The Labute approximate surface area is 130 Å². The van der Waals surface area contributed by atoms with Crippen molar-refractivity contribution in [3.63, 3.8) is 0 Å². The number of carbonyl (C=O) groups excluding carboxylic acids is 2. The first kappa shape index (κ1) is 16.3. The SMILES string of the molecule is Nc1ccccc1CCC(=O)NCCC(=O)N1CCOCC1. The van der Waals surface area contributed by atoms with E-state index < -0.39 is 0 Å². The van der Waals surface area contributed by atoms with Crippen molar-refractivity contribution < 1.29 is 14.3 Å². The molecule has 0 atom stereocenters. The Morgan fingerprint density at radius 1 is 1.18 bits per heavy atom. The molecule has 0 unspecified atom stereocenters. The number of ether oxygens (including phenoxy) is 1. The topological polar surface area (TPSA) is 84.7 Å². The molecule has 2 rings (SSSR count). The van der Waals surface area contributed by atoms with Crippen LogP contribution in [0.4, 0.5) is 5.69 Å². The minimum Gasteiger partial charge on any atom is -0.399 e. The maximum absolute atomic E-state index is 11.9. The lowest BCUT2D eigenvalue weighted by molar-refractivity contribution is -0.135. The number of hydrogen-bond donors (Lipinski definition) is 2. The van der Waals surface area contributed by atoms with E-state index in [1.807, 2.05) is 24.3 Å². The van der Waals surface area contributed by atoms with Crippen LogP contribution in [0.15, 0.2) is 24.3 Å². The van der Waals surface area contributed by atoms with Gasteiger partial charge in [-0.3, -0.25) is 9.59 Å². The molecule has 2 amide bonds. The van der Waals surface area contributed by atoms with Crippen LogP contribution in [0.5, 0.6) is 0 Å². The number of amides is 2. The fraction of sp³-hybridized carbons (Fsp3) is 0.500. The van der Waals surface area contributed by atoms with E-state index in [4.69, 9.17) is 10.5 Å². The standard InChI is InChI=1S/C16H23N3O3/c17-14-4-2-1-3-13(14)5-6-15(20)18-8-7-16(21)19-9-11-22-12-10-19/h1-4H,5-12,17H2,(H,18,20). The Kier molecular flexibility index (Phi) is 6.21. The third kappa shape index (κ3) is 5.04. The van der Waals surface area contributed by atoms with Crippen molar-refractivity contribution in [2.24, 2.45) is 0 Å². The molecule has 0 spiro atoms. The van der Waals surface area contributed by atoms with Gasteiger partial charge in [0.05, 0.1) is 13.2 Å². The fourth-order valence-electron chi connectivity index (χ4n) is 2.38. The lowest BCUT2D eigenvalue weighted by atomic mass is 10.1. The molecular weight excluding hydrogens is 282 g/mol. The lowest BCUT2D eigenvalue weighted by Gasteiger charge is -2.26. The largest absolute Gasteiger partial charge is 0.399 e. The number of nitrogens with one attached hydrogen (secondary N) is 1. The second-order valence-electron chi connectivity index (χ2n) is 5.29. The number of nitrogen functional groups attached to an aromatic ring is 1. The average molecular weight is 305 g/mol. The van der Waals surface area contributed by atoms with Crippen molar-refractivity contribution in [2.75, 3.05) is 38.6 Å². The summed E-state index contributed by atoms with van der Waals surface area (Å²) in [6.45, 7) is 2.84. The van der Waals surface area contributed by atoms with Crippen LogP contribution in [-0.2, 0) is 20.7 Å². The predicted molar refractivity (Wildman–Crippen MR) is 84.2 cm³/mol. The van der Waals surface area contributed by atoms with Gasteiger partial charge in [-0.1, -0.05) is 18.2 Å². The lowest BCUT2D eigenvalue weighted by Crippen LogP contribution is -2.42. The number of carbonyl (C=O) groups is 2. The monoisotopic (exact) mass is 305 g/mol. The zero-order chi connectivity index (χ0) is 15.8. The Morgan fingerprint density at radius 2 is 1.91 bits per heavy atom. The summed E-state index contributed by atoms with van der Waals surface area (Å²) in [7, 11) is 0. The number of benzene rings is 1. The Bertz CT molecular complexity index is 513. The molecule has 1 fully saturated rings. The highest BCUT2D eigenvalue weighted by molar-refractivity contribution is 5.79. The van der Waals surface area contributed by atoms with E-state index in [0.29, 0.717) is 57.8 Å². The van der Waals surface area contributed by atoms with E-state index in [1.54, 1.807) is 4.90 Å². The molecule has 22 heavy (non-hydrogen) atoms. The van der Waals surface area contributed by atoms with E-state index in [-0.39, 0.29) is 11.8 Å². The maximum atomic E-state index is 11.9. The van der Waals surface area contributed by atoms with Crippen LogP contribution in [0, 0.1) is 0 Å². The van der Waals surface area contributed by atoms with Gasteiger partial charge in [0.25, 0.3) is 0 Å². The molecule has 0 aliphatic carbocycles. The minimum atomic E-state index is -0.0574. The molecule has 120 valence electrons. The second kappa shape index (κ2) is 8.38. The van der Waals surface area contributed by atoms with E-state index >= 15 is 0 Å². The Morgan fingerprint density at radius 3 is 2.64 bits per heavy atom. The van der Waals surface area contributed by atoms with Crippen molar-refractivity contribution in [1.82, 2.24) is 10.2 Å². The summed E-state index contributed by atoms with van der Waals surface area (Å²) in [5.41, 5.74) is 7.52. The molecule has 0 aromatic heterocycles. The van der Waals surface area contributed by atoms with Crippen molar-refractivity contribution in [1.29, 1.82) is 0 Å². The molecule has 0 bridgehead atoms. The van der Waals surface area contributed by atoms with Crippen molar-refractivity contribution in [3.8, 4) is 0 Å². The van der Waals surface area contributed by atoms with Crippen LogP contribution < -0.4 is 11.1 Å². The number of anilines is 1. The van der Waals surface area contributed by atoms with E-state index in [2.05, 4.69) is 5.32 Å². The van der Waals surface area contributed by atoms with Gasteiger partial charge in [0, 0.05) is 38.2 Å². The molecule has 1 heterocycles. The summed E-state index contributed by atoms with van der Waals surface area (Å²) >= 11 is 0. The maximum Gasteiger partial charge on any atom is 0.224 e. The zero-order valence-corrected chi connectivity index (χ0v) is 12.7. The molecular formula is C16H23N3O3. The van der Waals surface area contributed by atoms with Gasteiger partial charge in [-0.05, 0) is 18.1 Å². The van der Waals surface area contributed by atoms with Crippen molar-refractivity contribution >= 4 is 17.5 Å². The first-order valence-electron chi connectivity index (χ1n) is 7.62. The molecule has 0 radical (unpaired) electrons. The molecule has 0 saturated carbocycles. The quantitative estimate of drug-likeness (QED) is 0.752. The van der Waals surface area contributed by atoms with Crippen LogP contribution in [0.3, 0.4) is 0 Å². The highest BCUT2D eigenvalue weighted by Crippen LogP contribution is 2.12. The molecule has 3 N–H and O–H groups in total.